The summed E-state index contributed by atoms with van der Waals surface area (Å²) in [4.78, 5) is 0. The molecule has 0 saturated carbocycles. The molecule has 0 aliphatic heterocycles. The summed E-state index contributed by atoms with van der Waals surface area (Å²) in [7, 11) is 3.31. The van der Waals surface area contributed by atoms with Crippen LogP contribution in [0.1, 0.15) is 96.5 Å². The molecule has 0 N–H and O–H groups in total. The Morgan fingerprint density at radius 1 is 0.806 bits per heavy atom. The van der Waals surface area contributed by atoms with E-state index in [0.717, 1.165) is 51.0 Å². The van der Waals surface area contributed by atoms with Crippen LogP contribution in [0.4, 0.5) is 8.78 Å². The summed E-state index contributed by atoms with van der Waals surface area (Å²) in [6.07, 6.45) is 14.2. The molecule has 3 nitrogen and oxygen atoms in total. The van der Waals surface area contributed by atoms with Crippen LogP contribution < -0.4 is 0 Å². The van der Waals surface area contributed by atoms with Gasteiger partial charge in [-0.05, 0) is 44.2 Å². The summed E-state index contributed by atoms with van der Waals surface area (Å²) >= 11 is 0. The zero-order valence-electron chi connectivity index (χ0n) is 20.2. The predicted molar refractivity (Wildman–Crippen MR) is 123 cm³/mol. The van der Waals surface area contributed by atoms with Gasteiger partial charge in [0.15, 0.2) is 0 Å². The Labute approximate surface area is 188 Å². The maximum atomic E-state index is 13.7. The molecule has 0 aromatic heterocycles. The number of aryl methyl sites for hydroxylation is 1. The molecule has 1 aromatic carbocycles. The van der Waals surface area contributed by atoms with Crippen molar-refractivity contribution in [3.05, 3.63) is 35.4 Å². The van der Waals surface area contributed by atoms with Gasteiger partial charge in [0.1, 0.15) is 11.6 Å². The van der Waals surface area contributed by atoms with Gasteiger partial charge in [0.2, 0.25) is 0 Å². The molecule has 0 aliphatic rings. The van der Waals surface area contributed by atoms with Gasteiger partial charge >= 0.3 is 0 Å². The van der Waals surface area contributed by atoms with Crippen molar-refractivity contribution in [2.24, 2.45) is 5.92 Å². The molecular weight excluding hydrogens is 398 g/mol. The topological polar surface area (TPSA) is 27.7 Å². The summed E-state index contributed by atoms with van der Waals surface area (Å²) < 4.78 is 44.1. The van der Waals surface area contributed by atoms with Crippen LogP contribution in [0.2, 0.25) is 0 Å². The smallest absolute Gasteiger partial charge is 0.285 e. The molecule has 180 valence electrons. The lowest BCUT2D eigenvalue weighted by molar-refractivity contribution is -0.388. The standard InChI is InChI=1S/C26H44F2O3/c1-5-7-8-9-10-14-17-23(26(29-3,30-4)31-6-2)18-15-12-11-13-16-22-19-20-24(27)21-25(22)28/h19-21,23H,5-18H2,1-4H3. The Morgan fingerprint density at radius 3 is 1.94 bits per heavy atom. The Bertz CT molecular complexity index is 576. The molecule has 0 aliphatic carbocycles. The van der Waals surface area contributed by atoms with Crippen molar-refractivity contribution in [1.29, 1.82) is 0 Å². The lowest BCUT2D eigenvalue weighted by Crippen LogP contribution is -2.45. The van der Waals surface area contributed by atoms with E-state index in [0.29, 0.717) is 18.6 Å². The molecule has 0 saturated heterocycles. The van der Waals surface area contributed by atoms with Crippen molar-refractivity contribution in [1.82, 2.24) is 0 Å². The van der Waals surface area contributed by atoms with Crippen molar-refractivity contribution in [2.45, 2.75) is 103 Å². The van der Waals surface area contributed by atoms with Crippen LogP contribution in [0.25, 0.3) is 0 Å². The first-order chi connectivity index (χ1) is 15.0. The highest BCUT2D eigenvalue weighted by Crippen LogP contribution is 2.33. The van der Waals surface area contributed by atoms with Crippen LogP contribution in [-0.4, -0.2) is 26.8 Å². The van der Waals surface area contributed by atoms with E-state index in [1.165, 1.54) is 38.2 Å². The summed E-state index contributed by atoms with van der Waals surface area (Å²) in [6.45, 7) is 4.74. The molecule has 1 aromatic rings. The van der Waals surface area contributed by atoms with Gasteiger partial charge < -0.3 is 14.2 Å². The lowest BCUT2D eigenvalue weighted by Gasteiger charge is -2.37. The van der Waals surface area contributed by atoms with Gasteiger partial charge in [-0.3, -0.25) is 0 Å². The van der Waals surface area contributed by atoms with Crippen molar-refractivity contribution < 1.29 is 23.0 Å². The number of ether oxygens (including phenoxy) is 3. The maximum Gasteiger partial charge on any atom is 0.285 e. The van der Waals surface area contributed by atoms with Crippen LogP contribution in [0.15, 0.2) is 18.2 Å². The Balaban J connectivity index is 2.46. The average Bonchev–Trinajstić information content (AvgIpc) is 2.76. The van der Waals surface area contributed by atoms with E-state index < -0.39 is 17.6 Å². The molecular formula is C26H44F2O3. The van der Waals surface area contributed by atoms with Crippen molar-refractivity contribution in [3.63, 3.8) is 0 Å². The lowest BCUT2D eigenvalue weighted by atomic mass is 9.91. The first-order valence-corrected chi connectivity index (χ1v) is 12.2. The van der Waals surface area contributed by atoms with Crippen molar-refractivity contribution in [2.75, 3.05) is 20.8 Å². The molecule has 0 heterocycles. The fourth-order valence-corrected chi connectivity index (χ4v) is 4.31. The third-order valence-electron chi connectivity index (χ3n) is 6.08. The minimum atomic E-state index is -0.977. The van der Waals surface area contributed by atoms with Gasteiger partial charge in [-0.25, -0.2) is 8.78 Å². The van der Waals surface area contributed by atoms with Crippen LogP contribution in [0.3, 0.4) is 0 Å². The Hall–Kier alpha value is -1.04. The van der Waals surface area contributed by atoms with Gasteiger partial charge in [0.05, 0.1) is 0 Å². The molecule has 31 heavy (non-hydrogen) atoms. The van der Waals surface area contributed by atoms with Crippen molar-refractivity contribution in [3.8, 4) is 0 Å². The van der Waals surface area contributed by atoms with Gasteiger partial charge in [-0.1, -0.05) is 70.8 Å². The molecule has 1 unspecified atom stereocenters. The molecule has 0 fully saturated rings. The normalized spacial score (nSPS) is 13.0. The molecule has 0 amide bonds. The van der Waals surface area contributed by atoms with E-state index in [1.54, 1.807) is 20.3 Å². The highest BCUT2D eigenvalue weighted by atomic mass is 19.1. The molecule has 0 radical (unpaired) electrons. The minimum Gasteiger partial charge on any atom is -0.331 e. The third kappa shape index (κ3) is 10.4. The van der Waals surface area contributed by atoms with Crippen LogP contribution in [0.5, 0.6) is 0 Å². The quantitative estimate of drug-likeness (QED) is 0.161. The first kappa shape index (κ1) is 28.0. The van der Waals surface area contributed by atoms with E-state index in [4.69, 9.17) is 14.2 Å². The second-order valence-electron chi connectivity index (χ2n) is 8.39. The van der Waals surface area contributed by atoms with E-state index in [2.05, 4.69) is 6.92 Å². The number of hydrogen-bond acceptors (Lipinski definition) is 3. The van der Waals surface area contributed by atoms with Gasteiger partial charge in [-0.15, -0.1) is 0 Å². The predicted octanol–water partition coefficient (Wildman–Crippen LogP) is 7.81. The number of benzene rings is 1. The molecule has 0 bridgehead atoms. The highest BCUT2D eigenvalue weighted by Gasteiger charge is 2.39. The third-order valence-corrected chi connectivity index (χ3v) is 6.08. The number of unbranched alkanes of at least 4 members (excludes halogenated alkanes) is 8. The average molecular weight is 443 g/mol. The summed E-state index contributed by atoms with van der Waals surface area (Å²) in [5.74, 6) is -1.76. The van der Waals surface area contributed by atoms with Crippen LogP contribution in [0, 0.1) is 17.6 Å². The second kappa shape index (κ2) is 16.6. The van der Waals surface area contributed by atoms with Gasteiger partial charge in [0.25, 0.3) is 5.97 Å². The maximum absolute atomic E-state index is 13.7. The zero-order chi connectivity index (χ0) is 23.0. The minimum absolute atomic E-state index is 0.183. The summed E-state index contributed by atoms with van der Waals surface area (Å²) in [6, 6.07) is 3.84. The largest absolute Gasteiger partial charge is 0.331 e. The Morgan fingerprint density at radius 2 is 1.39 bits per heavy atom. The zero-order valence-corrected chi connectivity index (χ0v) is 20.2. The fourth-order valence-electron chi connectivity index (χ4n) is 4.31. The number of rotatable bonds is 19. The van der Waals surface area contributed by atoms with Crippen molar-refractivity contribution >= 4 is 0 Å². The molecule has 1 atom stereocenters. The summed E-state index contributed by atoms with van der Waals surface area (Å²) in [5.41, 5.74) is 0.594. The fraction of sp³-hybridized carbons (Fsp3) is 0.769. The van der Waals surface area contributed by atoms with E-state index in [1.807, 2.05) is 6.92 Å². The van der Waals surface area contributed by atoms with Crippen LogP contribution in [-0.2, 0) is 20.6 Å². The molecule has 1 rings (SSSR count). The SMILES string of the molecule is CCCCCCCCC(CCCCCCc1ccc(F)cc1F)C(OC)(OC)OCC. The van der Waals surface area contributed by atoms with E-state index >= 15 is 0 Å². The van der Waals surface area contributed by atoms with Gasteiger partial charge in [-0.2, -0.15) is 0 Å². The monoisotopic (exact) mass is 442 g/mol. The molecule has 5 heteroatoms. The number of methoxy groups -OCH3 is 2. The Kier molecular flexibility index (Phi) is 15.0. The number of halogens is 2. The second-order valence-corrected chi connectivity index (χ2v) is 8.39. The highest BCUT2D eigenvalue weighted by molar-refractivity contribution is 5.18. The van der Waals surface area contributed by atoms with E-state index in [9.17, 15) is 8.78 Å². The first-order valence-electron chi connectivity index (χ1n) is 12.2. The van der Waals surface area contributed by atoms with E-state index in [-0.39, 0.29) is 5.92 Å². The summed E-state index contributed by atoms with van der Waals surface area (Å²) in [5, 5.41) is 0. The molecule has 0 spiro atoms. The van der Waals surface area contributed by atoms with Gasteiger partial charge in [0, 0.05) is 32.8 Å². The van der Waals surface area contributed by atoms with Crippen LogP contribution >= 0.6 is 0 Å². The number of hydrogen-bond donors (Lipinski definition) is 0.